The first-order valence-corrected chi connectivity index (χ1v) is 12.8. The molecule has 30 heavy (non-hydrogen) atoms. The number of piperazine rings is 1. The Morgan fingerprint density at radius 3 is 2.33 bits per heavy atom. The van der Waals surface area contributed by atoms with Crippen molar-refractivity contribution < 1.29 is 13.2 Å². The maximum Gasteiger partial charge on any atom is 0.243 e. The van der Waals surface area contributed by atoms with Crippen LogP contribution in [0.25, 0.3) is 11.3 Å². The highest BCUT2D eigenvalue weighted by Gasteiger charge is 2.29. The molecule has 1 aliphatic heterocycles. The fourth-order valence-corrected chi connectivity index (χ4v) is 5.88. The Hall–Kier alpha value is -1.94. The molecule has 158 valence electrons. The van der Waals surface area contributed by atoms with Crippen molar-refractivity contribution >= 4 is 42.4 Å². The molecule has 0 spiro atoms. The summed E-state index contributed by atoms with van der Waals surface area (Å²) in [5.41, 5.74) is 1.96. The van der Waals surface area contributed by atoms with Crippen LogP contribution in [-0.4, -0.2) is 50.5 Å². The maximum absolute atomic E-state index is 12.9. The third-order valence-electron chi connectivity index (χ3n) is 4.91. The van der Waals surface area contributed by atoms with Crippen LogP contribution in [0.3, 0.4) is 0 Å². The molecule has 1 saturated heterocycles. The number of ether oxygens (including phenoxy) is 1. The van der Waals surface area contributed by atoms with E-state index in [1.165, 1.54) is 0 Å². The molecule has 0 bridgehead atoms. The zero-order valence-corrected chi connectivity index (χ0v) is 19.7. The molecular weight excluding hydrogens is 486 g/mol. The number of hydrogen-bond donors (Lipinski definition) is 0. The SMILES string of the molecule is CCOc1ccc(-c2csc(N3CCN(S(=O)(=O)c4ccc(Br)cc4)CC3)n2)cc1. The number of aromatic nitrogens is 1. The van der Waals surface area contributed by atoms with Crippen LogP contribution in [-0.2, 0) is 10.0 Å². The normalized spacial score (nSPS) is 15.3. The van der Waals surface area contributed by atoms with Gasteiger partial charge < -0.3 is 9.64 Å². The van der Waals surface area contributed by atoms with Gasteiger partial charge in [0.1, 0.15) is 5.75 Å². The highest BCUT2D eigenvalue weighted by Crippen LogP contribution is 2.30. The molecule has 9 heteroatoms. The number of halogens is 1. The van der Waals surface area contributed by atoms with Gasteiger partial charge in [-0.05, 0) is 55.5 Å². The Morgan fingerprint density at radius 1 is 1.03 bits per heavy atom. The molecule has 0 radical (unpaired) electrons. The molecular formula is C21H22BrN3O3S2. The van der Waals surface area contributed by atoms with Crippen molar-refractivity contribution in [1.29, 1.82) is 0 Å². The molecule has 1 aromatic heterocycles. The molecule has 0 saturated carbocycles. The van der Waals surface area contributed by atoms with E-state index in [9.17, 15) is 8.42 Å². The maximum atomic E-state index is 12.9. The summed E-state index contributed by atoms with van der Waals surface area (Å²) in [5.74, 6) is 0.847. The van der Waals surface area contributed by atoms with Crippen molar-refractivity contribution in [1.82, 2.24) is 9.29 Å². The lowest BCUT2D eigenvalue weighted by Crippen LogP contribution is -2.48. The van der Waals surface area contributed by atoms with E-state index in [-0.39, 0.29) is 0 Å². The van der Waals surface area contributed by atoms with Gasteiger partial charge >= 0.3 is 0 Å². The van der Waals surface area contributed by atoms with E-state index in [2.05, 4.69) is 20.8 Å². The largest absolute Gasteiger partial charge is 0.494 e. The Balaban J connectivity index is 1.41. The number of anilines is 1. The van der Waals surface area contributed by atoms with E-state index in [1.807, 2.05) is 36.6 Å². The van der Waals surface area contributed by atoms with Gasteiger partial charge in [-0.1, -0.05) is 15.9 Å². The summed E-state index contributed by atoms with van der Waals surface area (Å²) in [6, 6.07) is 14.7. The number of benzene rings is 2. The highest BCUT2D eigenvalue weighted by molar-refractivity contribution is 9.10. The molecule has 0 atom stereocenters. The molecule has 3 aromatic rings. The summed E-state index contributed by atoms with van der Waals surface area (Å²) in [5, 5.41) is 2.95. The fraction of sp³-hybridized carbons (Fsp3) is 0.286. The summed E-state index contributed by atoms with van der Waals surface area (Å²) in [6.45, 7) is 4.72. The van der Waals surface area contributed by atoms with Crippen LogP contribution < -0.4 is 9.64 Å². The lowest BCUT2D eigenvalue weighted by atomic mass is 10.2. The van der Waals surface area contributed by atoms with Gasteiger partial charge in [-0.15, -0.1) is 11.3 Å². The van der Waals surface area contributed by atoms with Gasteiger partial charge in [-0.25, -0.2) is 13.4 Å². The number of sulfonamides is 1. The molecule has 6 nitrogen and oxygen atoms in total. The van der Waals surface area contributed by atoms with E-state index in [0.29, 0.717) is 37.7 Å². The molecule has 0 unspecified atom stereocenters. The minimum absolute atomic E-state index is 0.325. The second-order valence-corrected chi connectivity index (χ2v) is 10.5. The zero-order valence-electron chi connectivity index (χ0n) is 16.5. The predicted molar refractivity (Wildman–Crippen MR) is 124 cm³/mol. The monoisotopic (exact) mass is 507 g/mol. The predicted octanol–water partition coefficient (Wildman–Crippen LogP) is 4.48. The standard InChI is InChI=1S/C21H22BrN3O3S2/c1-2-28-18-7-3-16(4-8-18)20-15-29-21(23-20)24-11-13-25(14-12-24)30(26,27)19-9-5-17(22)6-10-19/h3-10,15H,2,11-14H2,1H3. The highest BCUT2D eigenvalue weighted by atomic mass is 79.9. The van der Waals surface area contributed by atoms with Crippen LogP contribution in [0.4, 0.5) is 5.13 Å². The summed E-state index contributed by atoms with van der Waals surface area (Å²) in [7, 11) is -3.47. The third kappa shape index (κ3) is 4.54. The van der Waals surface area contributed by atoms with Crippen molar-refractivity contribution in [2.45, 2.75) is 11.8 Å². The van der Waals surface area contributed by atoms with Gasteiger partial charge in [-0.2, -0.15) is 4.31 Å². The molecule has 0 N–H and O–H groups in total. The Labute approximate surface area is 189 Å². The minimum atomic E-state index is -3.47. The van der Waals surface area contributed by atoms with Crippen LogP contribution >= 0.6 is 27.3 Å². The average molecular weight is 508 g/mol. The number of rotatable bonds is 6. The van der Waals surface area contributed by atoms with Gasteiger partial charge in [0.05, 0.1) is 17.2 Å². The molecule has 2 aromatic carbocycles. The second-order valence-electron chi connectivity index (χ2n) is 6.82. The van der Waals surface area contributed by atoms with Crippen LogP contribution in [0.2, 0.25) is 0 Å². The van der Waals surface area contributed by atoms with E-state index in [4.69, 9.17) is 9.72 Å². The van der Waals surface area contributed by atoms with E-state index in [1.54, 1.807) is 39.9 Å². The van der Waals surface area contributed by atoms with Gasteiger partial charge in [0.2, 0.25) is 10.0 Å². The van der Waals surface area contributed by atoms with Crippen molar-refractivity contribution in [2.24, 2.45) is 0 Å². The Morgan fingerprint density at radius 2 is 1.70 bits per heavy atom. The van der Waals surface area contributed by atoms with Crippen LogP contribution in [0.15, 0.2) is 63.3 Å². The topological polar surface area (TPSA) is 62.7 Å². The van der Waals surface area contributed by atoms with Gasteiger partial charge in [0.15, 0.2) is 5.13 Å². The first-order valence-electron chi connectivity index (χ1n) is 9.67. The lowest BCUT2D eigenvalue weighted by Gasteiger charge is -2.33. The van der Waals surface area contributed by atoms with Gasteiger partial charge in [0.25, 0.3) is 0 Å². The molecule has 0 aliphatic carbocycles. The van der Waals surface area contributed by atoms with E-state index >= 15 is 0 Å². The lowest BCUT2D eigenvalue weighted by molar-refractivity contribution is 0.340. The summed E-state index contributed by atoms with van der Waals surface area (Å²) in [4.78, 5) is 7.24. The van der Waals surface area contributed by atoms with Crippen molar-refractivity contribution in [2.75, 3.05) is 37.7 Å². The number of thiazole rings is 1. The molecule has 4 rings (SSSR count). The Kier molecular flexibility index (Phi) is 6.43. The van der Waals surface area contributed by atoms with Crippen LogP contribution in [0.1, 0.15) is 6.92 Å². The zero-order chi connectivity index (χ0) is 21.1. The first-order chi connectivity index (χ1) is 14.5. The molecule has 0 amide bonds. The molecule has 2 heterocycles. The smallest absolute Gasteiger partial charge is 0.243 e. The summed E-state index contributed by atoms with van der Waals surface area (Å²) >= 11 is 4.93. The molecule has 1 fully saturated rings. The number of hydrogen-bond acceptors (Lipinski definition) is 6. The quantitative estimate of drug-likeness (QED) is 0.492. The van der Waals surface area contributed by atoms with E-state index in [0.717, 1.165) is 26.6 Å². The fourth-order valence-electron chi connectivity index (χ4n) is 3.31. The minimum Gasteiger partial charge on any atom is -0.494 e. The number of nitrogens with zero attached hydrogens (tertiary/aromatic N) is 3. The van der Waals surface area contributed by atoms with E-state index < -0.39 is 10.0 Å². The summed E-state index contributed by atoms with van der Waals surface area (Å²) in [6.07, 6.45) is 0. The van der Waals surface area contributed by atoms with Gasteiger partial charge in [0, 0.05) is 41.6 Å². The van der Waals surface area contributed by atoms with Gasteiger partial charge in [-0.3, -0.25) is 0 Å². The van der Waals surface area contributed by atoms with Crippen molar-refractivity contribution in [3.8, 4) is 17.0 Å². The molecule has 1 aliphatic rings. The second kappa shape index (κ2) is 9.05. The Bertz CT molecular complexity index is 1090. The third-order valence-corrected chi connectivity index (χ3v) is 8.26. The first kappa shape index (κ1) is 21.3. The van der Waals surface area contributed by atoms with Crippen LogP contribution in [0, 0.1) is 0 Å². The van der Waals surface area contributed by atoms with Crippen LogP contribution in [0.5, 0.6) is 5.75 Å². The van der Waals surface area contributed by atoms with Crippen molar-refractivity contribution in [3.63, 3.8) is 0 Å². The van der Waals surface area contributed by atoms with Crippen molar-refractivity contribution in [3.05, 3.63) is 58.4 Å². The summed E-state index contributed by atoms with van der Waals surface area (Å²) < 4.78 is 33.6. The average Bonchev–Trinajstić information content (AvgIpc) is 3.25.